The lowest BCUT2D eigenvalue weighted by Gasteiger charge is -2.18. The zero-order valence-corrected chi connectivity index (χ0v) is 10.2. The molecule has 1 aliphatic carbocycles. The summed E-state index contributed by atoms with van der Waals surface area (Å²) in [4.78, 5) is 4.09. The Kier molecular flexibility index (Phi) is 3.64. The van der Waals surface area contributed by atoms with Gasteiger partial charge in [-0.05, 0) is 37.3 Å². The summed E-state index contributed by atoms with van der Waals surface area (Å²) in [5, 5.41) is 7.40. The quantitative estimate of drug-likeness (QED) is 0.655. The third-order valence-electron chi connectivity index (χ3n) is 2.93. The molecule has 2 rings (SSSR count). The molecule has 0 fully saturated rings. The van der Waals surface area contributed by atoms with Crippen molar-refractivity contribution in [2.24, 2.45) is 5.73 Å². The first-order chi connectivity index (χ1) is 8.87. The minimum absolute atomic E-state index is 0.130. The van der Waals surface area contributed by atoms with Crippen molar-refractivity contribution in [2.45, 2.75) is 31.9 Å². The first kappa shape index (κ1) is 13.6. The number of alkyl halides is 3. The Morgan fingerprint density at radius 2 is 2.05 bits per heavy atom. The number of nitrogens with one attached hydrogen (secondary N) is 1. The molecule has 104 valence electrons. The number of rotatable bonds is 3. The predicted molar refractivity (Wildman–Crippen MR) is 63.4 cm³/mol. The molecule has 1 aliphatic rings. The molecule has 0 unspecified atom stereocenters. The van der Waals surface area contributed by atoms with Gasteiger partial charge in [0.05, 0.1) is 5.56 Å². The van der Waals surface area contributed by atoms with Crippen LogP contribution in [0.25, 0.3) is 0 Å². The lowest BCUT2D eigenvalue weighted by Crippen LogP contribution is -2.23. The first-order valence-electron chi connectivity index (χ1n) is 5.93. The fraction of sp³-hybridized carbons (Fsp3) is 0.500. The van der Waals surface area contributed by atoms with E-state index in [4.69, 9.17) is 11.1 Å². The first-order valence-corrected chi connectivity index (χ1v) is 5.93. The number of hydrogen-bond acceptors (Lipinski definition) is 3. The van der Waals surface area contributed by atoms with E-state index in [1.54, 1.807) is 6.07 Å². The summed E-state index contributed by atoms with van der Waals surface area (Å²) in [6.07, 6.45) is -0.948. The highest BCUT2D eigenvalue weighted by molar-refractivity contribution is 5.97. The lowest BCUT2D eigenvalue weighted by molar-refractivity contribution is -0.154. The number of ether oxygens (including phenoxy) is 1. The lowest BCUT2D eigenvalue weighted by atomic mass is 9.95. The number of pyridine rings is 1. The standard InChI is InChI=1S/C12H14F3N3O/c13-12(14,15)6-19-11-8(10(16)17)5-7-3-1-2-4-9(7)18-11/h5H,1-4,6H2,(H3,16,17). The molecule has 0 radical (unpaired) electrons. The molecule has 1 aromatic rings. The van der Waals surface area contributed by atoms with Gasteiger partial charge in [0.25, 0.3) is 0 Å². The van der Waals surface area contributed by atoms with Gasteiger partial charge in [-0.25, -0.2) is 4.98 Å². The van der Waals surface area contributed by atoms with E-state index in [2.05, 4.69) is 9.72 Å². The van der Waals surface area contributed by atoms with Crippen LogP contribution in [0.5, 0.6) is 5.88 Å². The number of amidine groups is 1. The van der Waals surface area contributed by atoms with Crippen molar-refractivity contribution in [3.63, 3.8) is 0 Å². The van der Waals surface area contributed by atoms with Crippen LogP contribution in [-0.4, -0.2) is 23.6 Å². The average molecular weight is 273 g/mol. The number of nitrogens with zero attached hydrogens (tertiary/aromatic N) is 1. The molecule has 3 N–H and O–H groups in total. The summed E-state index contributed by atoms with van der Waals surface area (Å²) < 4.78 is 41.2. The van der Waals surface area contributed by atoms with Gasteiger partial charge in [-0.1, -0.05) is 0 Å². The van der Waals surface area contributed by atoms with E-state index in [9.17, 15) is 13.2 Å². The van der Waals surface area contributed by atoms with E-state index in [1.165, 1.54) is 0 Å². The molecule has 0 saturated carbocycles. The largest absolute Gasteiger partial charge is 0.467 e. The van der Waals surface area contributed by atoms with Crippen molar-refractivity contribution in [3.8, 4) is 5.88 Å². The number of fused-ring (bicyclic) bond motifs is 1. The summed E-state index contributed by atoms with van der Waals surface area (Å²) in [6.45, 7) is -1.43. The Bertz CT molecular complexity index is 500. The van der Waals surface area contributed by atoms with Crippen molar-refractivity contribution < 1.29 is 17.9 Å². The number of nitrogens with two attached hydrogens (primary N) is 1. The van der Waals surface area contributed by atoms with Crippen molar-refractivity contribution >= 4 is 5.84 Å². The SMILES string of the molecule is N=C(N)c1cc2c(nc1OCC(F)(F)F)CCCC2. The average Bonchev–Trinajstić information content (AvgIpc) is 2.34. The second kappa shape index (κ2) is 5.07. The molecule has 0 atom stereocenters. The van der Waals surface area contributed by atoms with Crippen molar-refractivity contribution in [3.05, 3.63) is 22.9 Å². The second-order valence-corrected chi connectivity index (χ2v) is 4.47. The molecule has 0 saturated heterocycles. The maximum atomic E-state index is 12.2. The molecule has 1 aromatic heterocycles. The van der Waals surface area contributed by atoms with Gasteiger partial charge in [0.1, 0.15) is 5.84 Å². The van der Waals surface area contributed by atoms with Gasteiger partial charge in [0, 0.05) is 5.69 Å². The van der Waals surface area contributed by atoms with Gasteiger partial charge in [-0.15, -0.1) is 0 Å². The summed E-state index contributed by atoms with van der Waals surface area (Å²) >= 11 is 0. The number of aromatic nitrogens is 1. The molecule has 7 heteroatoms. The zero-order chi connectivity index (χ0) is 14.0. The highest BCUT2D eigenvalue weighted by Crippen LogP contribution is 2.27. The number of hydrogen-bond donors (Lipinski definition) is 2. The monoisotopic (exact) mass is 273 g/mol. The Morgan fingerprint density at radius 3 is 2.68 bits per heavy atom. The maximum Gasteiger partial charge on any atom is 0.422 e. The summed E-state index contributed by atoms with van der Waals surface area (Å²) in [5.41, 5.74) is 7.18. The Morgan fingerprint density at radius 1 is 1.37 bits per heavy atom. The summed E-state index contributed by atoms with van der Waals surface area (Å²) in [5.74, 6) is -0.538. The van der Waals surface area contributed by atoms with Crippen LogP contribution in [0, 0.1) is 5.41 Å². The molecule has 0 aromatic carbocycles. The van der Waals surface area contributed by atoms with Crippen LogP contribution in [0.4, 0.5) is 13.2 Å². The van der Waals surface area contributed by atoms with Gasteiger partial charge in [0.2, 0.25) is 5.88 Å². The third kappa shape index (κ3) is 3.36. The van der Waals surface area contributed by atoms with E-state index < -0.39 is 12.8 Å². The van der Waals surface area contributed by atoms with E-state index in [1.807, 2.05) is 0 Å². The third-order valence-corrected chi connectivity index (χ3v) is 2.93. The Balaban J connectivity index is 2.32. The molecular formula is C12H14F3N3O. The van der Waals surface area contributed by atoms with Crippen LogP contribution in [-0.2, 0) is 12.8 Å². The summed E-state index contributed by atoms with van der Waals surface area (Å²) in [7, 11) is 0. The van der Waals surface area contributed by atoms with Gasteiger partial charge >= 0.3 is 6.18 Å². The molecule has 1 heterocycles. The molecule has 19 heavy (non-hydrogen) atoms. The van der Waals surface area contributed by atoms with E-state index in [0.717, 1.165) is 36.9 Å². The normalized spacial score (nSPS) is 14.9. The van der Waals surface area contributed by atoms with Gasteiger partial charge in [-0.3, -0.25) is 5.41 Å². The molecule has 0 aliphatic heterocycles. The number of halogens is 3. The van der Waals surface area contributed by atoms with E-state index in [0.29, 0.717) is 0 Å². The smallest absolute Gasteiger partial charge is 0.422 e. The fourth-order valence-electron chi connectivity index (χ4n) is 2.07. The van der Waals surface area contributed by atoms with Gasteiger partial charge in [-0.2, -0.15) is 13.2 Å². The van der Waals surface area contributed by atoms with Crippen LogP contribution in [0.1, 0.15) is 29.7 Å². The van der Waals surface area contributed by atoms with E-state index >= 15 is 0 Å². The molecule has 0 spiro atoms. The van der Waals surface area contributed by atoms with Crippen molar-refractivity contribution in [2.75, 3.05) is 6.61 Å². The van der Waals surface area contributed by atoms with Crippen LogP contribution >= 0.6 is 0 Å². The van der Waals surface area contributed by atoms with Crippen LogP contribution < -0.4 is 10.5 Å². The zero-order valence-electron chi connectivity index (χ0n) is 10.2. The highest BCUT2D eigenvalue weighted by Gasteiger charge is 2.29. The number of aryl methyl sites for hydroxylation is 2. The minimum atomic E-state index is -4.44. The molecular weight excluding hydrogens is 259 g/mol. The van der Waals surface area contributed by atoms with Gasteiger partial charge in [0.15, 0.2) is 6.61 Å². The fourth-order valence-corrected chi connectivity index (χ4v) is 2.07. The summed E-state index contributed by atoms with van der Waals surface area (Å²) in [6, 6.07) is 1.62. The molecule has 4 nitrogen and oxygen atoms in total. The Labute approximate surface area is 108 Å². The minimum Gasteiger partial charge on any atom is -0.467 e. The second-order valence-electron chi connectivity index (χ2n) is 4.47. The Hall–Kier alpha value is -1.79. The highest BCUT2D eigenvalue weighted by atomic mass is 19.4. The number of nitrogen functional groups attached to an aromatic ring is 1. The van der Waals surface area contributed by atoms with Crippen molar-refractivity contribution in [1.82, 2.24) is 4.98 Å². The van der Waals surface area contributed by atoms with Crippen LogP contribution in [0.3, 0.4) is 0 Å². The van der Waals surface area contributed by atoms with E-state index in [-0.39, 0.29) is 17.3 Å². The molecule has 0 bridgehead atoms. The van der Waals surface area contributed by atoms with Crippen LogP contribution in [0.15, 0.2) is 6.07 Å². The molecule has 0 amide bonds. The van der Waals surface area contributed by atoms with Crippen LogP contribution in [0.2, 0.25) is 0 Å². The van der Waals surface area contributed by atoms with Crippen molar-refractivity contribution in [1.29, 1.82) is 5.41 Å². The predicted octanol–water partition coefficient (Wildman–Crippen LogP) is 2.19. The topological polar surface area (TPSA) is 72.0 Å². The maximum absolute atomic E-state index is 12.2. The van der Waals surface area contributed by atoms with Gasteiger partial charge < -0.3 is 10.5 Å².